The molecule has 32 heavy (non-hydrogen) atoms. The average Bonchev–Trinajstić information content (AvgIpc) is 3.30. The number of tetrazole rings is 1. The van der Waals surface area contributed by atoms with Crippen LogP contribution in [0.25, 0.3) is 0 Å². The molecular formula is C25H25FN6. The monoisotopic (exact) mass is 428 g/mol. The van der Waals surface area contributed by atoms with Gasteiger partial charge in [0, 0.05) is 37.4 Å². The van der Waals surface area contributed by atoms with Gasteiger partial charge in [-0.1, -0.05) is 66.7 Å². The van der Waals surface area contributed by atoms with E-state index < -0.39 is 0 Å². The number of benzene rings is 3. The van der Waals surface area contributed by atoms with Gasteiger partial charge in [-0.2, -0.15) is 0 Å². The summed E-state index contributed by atoms with van der Waals surface area (Å²) in [4.78, 5) is 4.65. The maximum absolute atomic E-state index is 15.0. The standard InChI is InChI=1S/C25H25FN6/c26-23-14-8-7-13-22(23)24(25-27-28-29-32(25)19-20-9-3-1-4-10-20)31-17-15-30(16-18-31)21-11-5-2-6-12-21/h1-14,24H,15-19H2/t24-/m1/s1. The third-order valence-corrected chi connectivity index (χ3v) is 5.98. The molecule has 1 fully saturated rings. The first-order chi connectivity index (χ1) is 15.8. The van der Waals surface area contributed by atoms with E-state index in [1.54, 1.807) is 10.7 Å². The van der Waals surface area contributed by atoms with Gasteiger partial charge in [-0.25, -0.2) is 9.07 Å². The number of halogens is 1. The summed E-state index contributed by atoms with van der Waals surface area (Å²) in [6.45, 7) is 3.82. The van der Waals surface area contributed by atoms with Crippen LogP contribution in [0.5, 0.6) is 0 Å². The third kappa shape index (κ3) is 4.24. The Kier molecular flexibility index (Phi) is 5.89. The minimum absolute atomic E-state index is 0.239. The molecule has 1 saturated heterocycles. The van der Waals surface area contributed by atoms with E-state index in [0.29, 0.717) is 17.9 Å². The number of anilines is 1. The average molecular weight is 429 g/mol. The summed E-state index contributed by atoms with van der Waals surface area (Å²) in [6, 6.07) is 27.0. The van der Waals surface area contributed by atoms with E-state index in [1.807, 2.05) is 48.5 Å². The summed E-state index contributed by atoms with van der Waals surface area (Å²) < 4.78 is 16.8. The maximum Gasteiger partial charge on any atom is 0.173 e. The van der Waals surface area contributed by atoms with Gasteiger partial charge in [-0.3, -0.25) is 4.90 Å². The van der Waals surface area contributed by atoms with Crippen molar-refractivity contribution in [3.05, 3.63) is 108 Å². The third-order valence-electron chi connectivity index (χ3n) is 5.98. The zero-order chi connectivity index (χ0) is 21.8. The quantitative estimate of drug-likeness (QED) is 0.468. The Bertz CT molecular complexity index is 1140. The summed E-state index contributed by atoms with van der Waals surface area (Å²) in [5.41, 5.74) is 2.91. The van der Waals surface area contributed by atoms with Crippen molar-refractivity contribution < 1.29 is 4.39 Å². The molecule has 0 unspecified atom stereocenters. The molecule has 0 saturated carbocycles. The van der Waals surface area contributed by atoms with Crippen LogP contribution < -0.4 is 4.90 Å². The van der Waals surface area contributed by atoms with Gasteiger partial charge in [0.1, 0.15) is 11.9 Å². The zero-order valence-electron chi connectivity index (χ0n) is 17.8. The van der Waals surface area contributed by atoms with Crippen molar-refractivity contribution in [2.75, 3.05) is 31.1 Å². The van der Waals surface area contributed by atoms with Crippen molar-refractivity contribution in [3.8, 4) is 0 Å². The zero-order valence-corrected chi connectivity index (χ0v) is 17.8. The predicted octanol–water partition coefficient (Wildman–Crippen LogP) is 3.77. The minimum Gasteiger partial charge on any atom is -0.369 e. The summed E-state index contributed by atoms with van der Waals surface area (Å²) in [7, 11) is 0. The number of piperazine rings is 1. The number of hydrogen-bond acceptors (Lipinski definition) is 5. The molecule has 7 heteroatoms. The van der Waals surface area contributed by atoms with Gasteiger partial charge < -0.3 is 4.90 Å². The number of para-hydroxylation sites is 1. The highest BCUT2D eigenvalue weighted by Crippen LogP contribution is 2.31. The fourth-order valence-corrected chi connectivity index (χ4v) is 4.35. The number of nitrogens with zero attached hydrogens (tertiary/aromatic N) is 6. The van der Waals surface area contributed by atoms with Crippen LogP contribution in [-0.2, 0) is 6.54 Å². The van der Waals surface area contributed by atoms with Gasteiger partial charge in [-0.15, -0.1) is 5.10 Å². The first-order valence-electron chi connectivity index (χ1n) is 10.9. The van der Waals surface area contributed by atoms with Crippen LogP contribution in [0.2, 0.25) is 0 Å². The van der Waals surface area contributed by atoms with Gasteiger partial charge >= 0.3 is 0 Å². The van der Waals surface area contributed by atoms with E-state index in [9.17, 15) is 4.39 Å². The largest absolute Gasteiger partial charge is 0.369 e. The Morgan fingerprint density at radius 2 is 1.44 bits per heavy atom. The molecule has 1 aromatic heterocycles. The lowest BCUT2D eigenvalue weighted by molar-refractivity contribution is 0.198. The van der Waals surface area contributed by atoms with Crippen molar-refractivity contribution >= 4 is 5.69 Å². The van der Waals surface area contributed by atoms with E-state index in [1.165, 1.54) is 11.8 Å². The summed E-state index contributed by atoms with van der Waals surface area (Å²) >= 11 is 0. The van der Waals surface area contributed by atoms with Gasteiger partial charge in [0.25, 0.3) is 0 Å². The molecule has 6 nitrogen and oxygen atoms in total. The first-order valence-corrected chi connectivity index (χ1v) is 10.9. The molecule has 1 aliphatic heterocycles. The highest BCUT2D eigenvalue weighted by molar-refractivity contribution is 5.46. The molecule has 0 spiro atoms. The topological polar surface area (TPSA) is 50.1 Å². The van der Waals surface area contributed by atoms with Crippen LogP contribution in [0.1, 0.15) is 23.0 Å². The van der Waals surface area contributed by atoms with Crippen molar-refractivity contribution in [2.24, 2.45) is 0 Å². The fraction of sp³-hybridized carbons (Fsp3) is 0.240. The molecule has 0 radical (unpaired) electrons. The smallest absolute Gasteiger partial charge is 0.173 e. The van der Waals surface area contributed by atoms with Crippen LogP contribution >= 0.6 is 0 Å². The molecule has 2 heterocycles. The highest BCUT2D eigenvalue weighted by Gasteiger charge is 2.32. The predicted molar refractivity (Wildman–Crippen MR) is 122 cm³/mol. The van der Waals surface area contributed by atoms with Gasteiger partial charge in [-0.05, 0) is 34.2 Å². The lowest BCUT2D eigenvalue weighted by Gasteiger charge is -2.40. The van der Waals surface area contributed by atoms with Crippen molar-refractivity contribution in [1.29, 1.82) is 0 Å². The van der Waals surface area contributed by atoms with E-state index >= 15 is 0 Å². The van der Waals surface area contributed by atoms with E-state index in [-0.39, 0.29) is 11.9 Å². The normalized spacial score (nSPS) is 15.6. The first kappa shape index (κ1) is 20.3. The molecule has 0 amide bonds. The summed E-state index contributed by atoms with van der Waals surface area (Å²) in [5, 5.41) is 12.6. The number of rotatable bonds is 6. The Morgan fingerprint density at radius 3 is 2.16 bits per heavy atom. The lowest BCUT2D eigenvalue weighted by Crippen LogP contribution is -2.48. The Morgan fingerprint density at radius 1 is 0.781 bits per heavy atom. The molecule has 1 atom stereocenters. The second-order valence-corrected chi connectivity index (χ2v) is 7.96. The van der Waals surface area contributed by atoms with Crippen LogP contribution in [-0.4, -0.2) is 51.3 Å². The molecule has 3 aromatic carbocycles. The van der Waals surface area contributed by atoms with E-state index in [0.717, 1.165) is 31.7 Å². The van der Waals surface area contributed by atoms with Gasteiger partial charge in [0.05, 0.1) is 6.54 Å². The number of aromatic nitrogens is 4. The summed E-state index contributed by atoms with van der Waals surface area (Å²) in [6.07, 6.45) is 0. The summed E-state index contributed by atoms with van der Waals surface area (Å²) in [5.74, 6) is 0.421. The highest BCUT2D eigenvalue weighted by atomic mass is 19.1. The maximum atomic E-state index is 15.0. The van der Waals surface area contributed by atoms with Crippen molar-refractivity contribution in [3.63, 3.8) is 0 Å². The number of hydrogen-bond donors (Lipinski definition) is 0. The molecule has 1 aliphatic rings. The van der Waals surface area contributed by atoms with Crippen LogP contribution in [0, 0.1) is 5.82 Å². The van der Waals surface area contributed by atoms with Gasteiger partial charge in [0.2, 0.25) is 0 Å². The Hall–Kier alpha value is -3.58. The molecule has 4 aromatic rings. The Labute approximate surface area is 186 Å². The molecule has 5 rings (SSSR count). The molecule has 162 valence electrons. The van der Waals surface area contributed by atoms with E-state index in [2.05, 4.69) is 49.6 Å². The minimum atomic E-state index is -0.354. The van der Waals surface area contributed by atoms with Crippen LogP contribution in [0.3, 0.4) is 0 Å². The van der Waals surface area contributed by atoms with Crippen LogP contribution in [0.15, 0.2) is 84.9 Å². The molecule has 0 aliphatic carbocycles. The van der Waals surface area contributed by atoms with E-state index in [4.69, 9.17) is 0 Å². The molecule has 0 N–H and O–H groups in total. The van der Waals surface area contributed by atoms with Gasteiger partial charge in [0.15, 0.2) is 5.82 Å². The lowest BCUT2D eigenvalue weighted by atomic mass is 10.0. The van der Waals surface area contributed by atoms with Crippen LogP contribution in [0.4, 0.5) is 10.1 Å². The molecule has 0 bridgehead atoms. The Balaban J connectivity index is 1.45. The second-order valence-electron chi connectivity index (χ2n) is 7.96. The second kappa shape index (κ2) is 9.28. The van der Waals surface area contributed by atoms with Crippen molar-refractivity contribution in [2.45, 2.75) is 12.6 Å². The fourth-order valence-electron chi connectivity index (χ4n) is 4.35. The SMILES string of the molecule is Fc1ccccc1[C@H](c1nnnn1Cc1ccccc1)N1CCN(c2ccccc2)CC1. The molecular weight excluding hydrogens is 403 g/mol. The van der Waals surface area contributed by atoms with Crippen molar-refractivity contribution in [1.82, 2.24) is 25.1 Å².